The average Bonchev–Trinajstić information content (AvgIpc) is 3.58. The molecule has 4 aromatic heterocycles. The van der Waals surface area contributed by atoms with Crippen LogP contribution in [-0.2, 0) is 4.79 Å². The summed E-state index contributed by atoms with van der Waals surface area (Å²) in [5, 5.41) is 18.5. The van der Waals surface area contributed by atoms with Crippen molar-refractivity contribution in [3.8, 4) is 0 Å². The molecule has 1 aromatic carbocycles. The molecule has 1 aliphatic rings. The molecule has 0 spiro atoms. The van der Waals surface area contributed by atoms with Gasteiger partial charge in [-0.25, -0.2) is 15.1 Å². The van der Waals surface area contributed by atoms with Gasteiger partial charge >= 0.3 is 0 Å². The summed E-state index contributed by atoms with van der Waals surface area (Å²) in [7, 11) is 0. The summed E-state index contributed by atoms with van der Waals surface area (Å²) in [5.74, 6) is 0.887. The van der Waals surface area contributed by atoms with Crippen LogP contribution in [-0.4, -0.2) is 42.0 Å². The van der Waals surface area contributed by atoms with Crippen LogP contribution in [0, 0.1) is 0 Å². The first-order valence-electron chi connectivity index (χ1n) is 9.69. The number of hydrazone groups is 1. The number of carbonyl (C=O) groups is 1. The van der Waals surface area contributed by atoms with Crippen molar-refractivity contribution in [2.24, 2.45) is 5.10 Å². The molecule has 7 nitrogen and oxygen atoms in total. The number of aromatic nitrogens is 4. The Balaban J connectivity index is 1.27. The maximum atomic E-state index is 13.2. The van der Waals surface area contributed by atoms with Crippen LogP contribution in [0.1, 0.15) is 22.2 Å². The molecule has 10 heteroatoms. The summed E-state index contributed by atoms with van der Waals surface area (Å²) in [6.07, 6.45) is 0.732. The van der Waals surface area contributed by atoms with Crippen LogP contribution in [0.5, 0.6) is 0 Å². The van der Waals surface area contributed by atoms with Gasteiger partial charge in [0, 0.05) is 11.3 Å². The SMILES string of the molecule is O=C(CSc1n[nH]c2nc3ccccc3n12)N1N=C(c2cccs2)C[C@@H]1c1cccs1. The topological polar surface area (TPSA) is 78.6 Å². The number of amides is 1. The number of hydrogen-bond donors (Lipinski definition) is 1. The van der Waals surface area contributed by atoms with Gasteiger partial charge in [-0.1, -0.05) is 36.0 Å². The molecule has 1 N–H and O–H groups in total. The number of fused-ring (bicyclic) bond motifs is 3. The molecule has 31 heavy (non-hydrogen) atoms. The molecular weight excluding hydrogens is 448 g/mol. The van der Waals surface area contributed by atoms with Crippen molar-refractivity contribution in [3.05, 3.63) is 69.0 Å². The van der Waals surface area contributed by atoms with Gasteiger partial charge in [-0.3, -0.25) is 9.20 Å². The van der Waals surface area contributed by atoms with Gasteiger partial charge in [-0.2, -0.15) is 5.10 Å². The minimum Gasteiger partial charge on any atom is -0.272 e. The minimum atomic E-state index is -0.0570. The Kier molecular flexibility index (Phi) is 4.62. The fourth-order valence-corrected chi connectivity index (χ4v) is 6.11. The van der Waals surface area contributed by atoms with Gasteiger partial charge < -0.3 is 0 Å². The van der Waals surface area contributed by atoms with Gasteiger partial charge in [0.15, 0.2) is 5.16 Å². The highest BCUT2D eigenvalue weighted by molar-refractivity contribution is 7.99. The smallest absolute Gasteiger partial charge is 0.253 e. The van der Waals surface area contributed by atoms with Crippen LogP contribution in [0.2, 0.25) is 0 Å². The zero-order valence-electron chi connectivity index (χ0n) is 16.1. The summed E-state index contributed by atoms with van der Waals surface area (Å²) < 4.78 is 1.95. The predicted octanol–water partition coefficient (Wildman–Crippen LogP) is 4.80. The number of nitrogens with one attached hydrogen (secondary N) is 1. The van der Waals surface area contributed by atoms with Crippen molar-refractivity contribution in [1.29, 1.82) is 0 Å². The lowest BCUT2D eigenvalue weighted by atomic mass is 10.1. The lowest BCUT2D eigenvalue weighted by molar-refractivity contribution is -0.130. The summed E-state index contributed by atoms with van der Waals surface area (Å²) >= 11 is 4.71. The van der Waals surface area contributed by atoms with Gasteiger partial charge in [-0.15, -0.1) is 27.8 Å². The number of aromatic amines is 1. The van der Waals surface area contributed by atoms with Crippen molar-refractivity contribution >= 4 is 62.9 Å². The minimum absolute atomic E-state index is 0.0319. The summed E-state index contributed by atoms with van der Waals surface area (Å²) in [6.45, 7) is 0. The van der Waals surface area contributed by atoms with Crippen molar-refractivity contribution in [2.75, 3.05) is 5.75 Å². The molecule has 1 amide bonds. The predicted molar refractivity (Wildman–Crippen MR) is 125 cm³/mol. The molecule has 0 saturated carbocycles. The largest absolute Gasteiger partial charge is 0.272 e. The van der Waals surface area contributed by atoms with E-state index >= 15 is 0 Å². The molecule has 5 heterocycles. The third kappa shape index (κ3) is 3.27. The first-order chi connectivity index (χ1) is 15.3. The lowest BCUT2D eigenvalue weighted by Crippen LogP contribution is -2.28. The van der Waals surface area contributed by atoms with Gasteiger partial charge in [0.1, 0.15) is 0 Å². The molecule has 1 atom stereocenters. The number of thiophene rings is 2. The number of thioether (sulfide) groups is 1. The third-order valence-corrected chi connectivity index (χ3v) is 7.99. The van der Waals surface area contributed by atoms with E-state index in [1.807, 2.05) is 51.6 Å². The van der Waals surface area contributed by atoms with Crippen molar-refractivity contribution in [3.63, 3.8) is 0 Å². The lowest BCUT2D eigenvalue weighted by Gasteiger charge is -2.20. The number of imidazole rings is 1. The van der Waals surface area contributed by atoms with Crippen molar-refractivity contribution < 1.29 is 4.79 Å². The highest BCUT2D eigenvalue weighted by atomic mass is 32.2. The maximum Gasteiger partial charge on any atom is 0.253 e. The fraction of sp³-hybridized carbons (Fsp3) is 0.143. The number of para-hydroxylation sites is 2. The molecule has 0 aliphatic carbocycles. The second-order valence-electron chi connectivity index (χ2n) is 7.05. The Morgan fingerprint density at radius 3 is 2.84 bits per heavy atom. The Labute approximate surface area is 189 Å². The number of benzene rings is 1. The zero-order valence-corrected chi connectivity index (χ0v) is 18.6. The van der Waals surface area contributed by atoms with Crippen LogP contribution in [0.15, 0.2) is 69.5 Å². The Hall–Kier alpha value is -2.95. The van der Waals surface area contributed by atoms with Crippen LogP contribution in [0.3, 0.4) is 0 Å². The molecule has 1 aliphatic heterocycles. The average molecular weight is 465 g/mol. The fourth-order valence-electron chi connectivity index (χ4n) is 3.77. The molecule has 0 radical (unpaired) electrons. The number of carbonyl (C=O) groups excluding carboxylic acids is 1. The van der Waals surface area contributed by atoms with E-state index in [0.29, 0.717) is 10.9 Å². The van der Waals surface area contributed by atoms with E-state index < -0.39 is 0 Å². The molecule has 5 aromatic rings. The zero-order chi connectivity index (χ0) is 20.8. The molecule has 0 saturated heterocycles. The standard InChI is InChI=1S/C21H16N6OS3/c28-19(12-31-21-24-23-20-22-13-5-1-2-6-15(13)26(20)21)27-16(18-8-4-10-30-18)11-14(25-27)17-7-3-9-29-17/h1-10,16H,11-12H2,(H,22,23)/t16-/m1/s1. The highest BCUT2D eigenvalue weighted by Crippen LogP contribution is 2.36. The Morgan fingerprint density at radius 2 is 2.00 bits per heavy atom. The van der Waals surface area contributed by atoms with E-state index in [4.69, 9.17) is 5.10 Å². The first-order valence-corrected chi connectivity index (χ1v) is 12.4. The molecular formula is C21H16N6OS3. The number of nitrogens with zero attached hydrogens (tertiary/aromatic N) is 5. The van der Waals surface area contributed by atoms with E-state index in [2.05, 4.69) is 27.3 Å². The van der Waals surface area contributed by atoms with Gasteiger partial charge in [-0.05, 0) is 35.0 Å². The molecule has 154 valence electrons. The van der Waals surface area contributed by atoms with Crippen LogP contribution >= 0.6 is 34.4 Å². The van der Waals surface area contributed by atoms with Crippen molar-refractivity contribution in [2.45, 2.75) is 17.6 Å². The van der Waals surface area contributed by atoms with Crippen molar-refractivity contribution in [1.82, 2.24) is 24.6 Å². The summed E-state index contributed by atoms with van der Waals surface area (Å²) in [5.41, 5.74) is 2.83. The van der Waals surface area contributed by atoms with Gasteiger partial charge in [0.2, 0.25) is 5.78 Å². The van der Waals surface area contributed by atoms with E-state index in [1.54, 1.807) is 27.7 Å². The normalized spacial score (nSPS) is 16.5. The van der Waals surface area contributed by atoms with E-state index in [1.165, 1.54) is 11.8 Å². The number of H-pyrrole nitrogens is 1. The van der Waals surface area contributed by atoms with E-state index in [9.17, 15) is 4.79 Å². The number of rotatable bonds is 5. The second kappa shape index (κ2) is 7.63. The van der Waals surface area contributed by atoms with Gasteiger partial charge in [0.25, 0.3) is 5.91 Å². The second-order valence-corrected chi connectivity index (χ2v) is 9.92. The van der Waals surface area contributed by atoms with E-state index in [0.717, 1.165) is 32.9 Å². The highest BCUT2D eigenvalue weighted by Gasteiger charge is 2.34. The molecule has 0 fully saturated rings. The molecule has 6 rings (SSSR count). The van der Waals surface area contributed by atoms with Crippen LogP contribution < -0.4 is 0 Å². The van der Waals surface area contributed by atoms with Crippen LogP contribution in [0.4, 0.5) is 0 Å². The molecule has 0 unspecified atom stereocenters. The summed E-state index contributed by atoms with van der Waals surface area (Å²) in [6, 6.07) is 16.0. The number of hydrogen-bond acceptors (Lipinski definition) is 7. The monoisotopic (exact) mass is 464 g/mol. The quantitative estimate of drug-likeness (QED) is 0.379. The molecule has 0 bridgehead atoms. The first kappa shape index (κ1) is 18.8. The van der Waals surface area contributed by atoms with Crippen LogP contribution in [0.25, 0.3) is 16.8 Å². The Morgan fingerprint density at radius 1 is 1.13 bits per heavy atom. The maximum absolute atomic E-state index is 13.2. The van der Waals surface area contributed by atoms with Gasteiger partial charge in [0.05, 0.1) is 33.4 Å². The Bertz CT molecular complexity index is 1400. The summed E-state index contributed by atoms with van der Waals surface area (Å²) in [4.78, 5) is 20.0. The third-order valence-electron chi connectivity index (χ3n) is 5.17. The van der Waals surface area contributed by atoms with E-state index in [-0.39, 0.29) is 17.7 Å².